The predicted octanol–water partition coefficient (Wildman–Crippen LogP) is 0.298. The van der Waals surface area contributed by atoms with Gasteiger partial charge in [0.15, 0.2) is 0 Å². The molecular formula is C13H25N3O2. The van der Waals surface area contributed by atoms with Crippen LogP contribution in [0.3, 0.4) is 0 Å². The largest absolute Gasteiger partial charge is 0.341 e. The summed E-state index contributed by atoms with van der Waals surface area (Å²) in [5, 5.41) is 0. The molecule has 0 aliphatic carbocycles. The Morgan fingerprint density at radius 2 is 1.67 bits per heavy atom. The third-order valence-corrected chi connectivity index (χ3v) is 3.63. The molecule has 2 amide bonds. The van der Waals surface area contributed by atoms with Gasteiger partial charge in [0.05, 0.1) is 5.92 Å². The molecule has 1 aliphatic heterocycles. The lowest BCUT2D eigenvalue weighted by atomic mass is 9.94. The monoisotopic (exact) mass is 255 g/mol. The first kappa shape index (κ1) is 15.0. The molecule has 0 aromatic rings. The van der Waals surface area contributed by atoms with Crippen LogP contribution in [-0.2, 0) is 9.59 Å². The second kappa shape index (κ2) is 6.73. The smallest absolute Gasteiger partial charge is 0.227 e. The molecule has 1 unspecified atom stereocenters. The molecule has 1 saturated heterocycles. The van der Waals surface area contributed by atoms with E-state index in [1.807, 2.05) is 18.7 Å². The number of hydrogen-bond acceptors (Lipinski definition) is 3. The third-order valence-electron chi connectivity index (χ3n) is 3.63. The topological polar surface area (TPSA) is 66.6 Å². The zero-order chi connectivity index (χ0) is 13.7. The fourth-order valence-corrected chi connectivity index (χ4v) is 2.35. The molecule has 18 heavy (non-hydrogen) atoms. The molecule has 0 aromatic carbocycles. The van der Waals surface area contributed by atoms with Gasteiger partial charge in [0.1, 0.15) is 0 Å². The Hall–Kier alpha value is -1.10. The van der Waals surface area contributed by atoms with Gasteiger partial charge in [-0.1, -0.05) is 13.8 Å². The molecule has 1 rings (SSSR count). The molecule has 0 spiro atoms. The Bertz CT molecular complexity index is 305. The summed E-state index contributed by atoms with van der Waals surface area (Å²) in [6.45, 7) is 8.75. The summed E-state index contributed by atoms with van der Waals surface area (Å²) < 4.78 is 0. The van der Waals surface area contributed by atoms with E-state index in [9.17, 15) is 9.59 Å². The molecule has 1 aliphatic rings. The van der Waals surface area contributed by atoms with Gasteiger partial charge < -0.3 is 15.5 Å². The maximum Gasteiger partial charge on any atom is 0.227 e. The summed E-state index contributed by atoms with van der Waals surface area (Å²) in [5.41, 5.74) is 5.68. The van der Waals surface area contributed by atoms with Crippen LogP contribution in [0.15, 0.2) is 0 Å². The SMILES string of the molecule is CC(=O)N1CCCN(C(=O)C(CN)C(C)C)CC1. The number of hydrogen-bond donors (Lipinski definition) is 1. The second-order valence-electron chi connectivity index (χ2n) is 5.27. The minimum atomic E-state index is -0.103. The van der Waals surface area contributed by atoms with E-state index >= 15 is 0 Å². The maximum atomic E-state index is 12.3. The van der Waals surface area contributed by atoms with E-state index < -0.39 is 0 Å². The maximum absolute atomic E-state index is 12.3. The molecule has 0 radical (unpaired) electrons. The van der Waals surface area contributed by atoms with Gasteiger partial charge in [0.2, 0.25) is 11.8 Å². The normalized spacial score (nSPS) is 18.7. The lowest BCUT2D eigenvalue weighted by Crippen LogP contribution is -2.43. The van der Waals surface area contributed by atoms with Crippen molar-refractivity contribution in [2.75, 3.05) is 32.7 Å². The van der Waals surface area contributed by atoms with E-state index in [2.05, 4.69) is 0 Å². The summed E-state index contributed by atoms with van der Waals surface area (Å²) in [5.74, 6) is 0.380. The van der Waals surface area contributed by atoms with Gasteiger partial charge >= 0.3 is 0 Å². The number of carbonyl (C=O) groups excluding carboxylic acids is 2. The summed E-state index contributed by atoms with van der Waals surface area (Å²) in [4.78, 5) is 27.3. The lowest BCUT2D eigenvalue weighted by Gasteiger charge is -2.27. The van der Waals surface area contributed by atoms with Crippen molar-refractivity contribution in [3.63, 3.8) is 0 Å². The Balaban J connectivity index is 2.62. The van der Waals surface area contributed by atoms with Gasteiger partial charge in [-0.3, -0.25) is 9.59 Å². The van der Waals surface area contributed by atoms with E-state index in [1.165, 1.54) is 0 Å². The minimum Gasteiger partial charge on any atom is -0.341 e. The van der Waals surface area contributed by atoms with Crippen molar-refractivity contribution in [3.8, 4) is 0 Å². The Kier molecular flexibility index (Phi) is 5.59. The number of rotatable bonds is 3. The zero-order valence-electron chi connectivity index (χ0n) is 11.7. The number of nitrogens with zero attached hydrogens (tertiary/aromatic N) is 2. The summed E-state index contributed by atoms with van der Waals surface area (Å²) >= 11 is 0. The van der Waals surface area contributed by atoms with Crippen LogP contribution in [0, 0.1) is 11.8 Å². The fraction of sp³-hybridized carbons (Fsp3) is 0.846. The molecule has 1 fully saturated rings. The summed E-state index contributed by atoms with van der Waals surface area (Å²) in [6.07, 6.45) is 0.848. The number of amides is 2. The van der Waals surface area contributed by atoms with Crippen LogP contribution in [0.2, 0.25) is 0 Å². The van der Waals surface area contributed by atoms with Gasteiger partial charge in [-0.15, -0.1) is 0 Å². The molecule has 0 aromatic heterocycles. The van der Waals surface area contributed by atoms with Crippen molar-refractivity contribution in [2.45, 2.75) is 27.2 Å². The van der Waals surface area contributed by atoms with Crippen molar-refractivity contribution < 1.29 is 9.59 Å². The summed E-state index contributed by atoms with van der Waals surface area (Å²) in [7, 11) is 0. The van der Waals surface area contributed by atoms with Crippen molar-refractivity contribution in [2.24, 2.45) is 17.6 Å². The lowest BCUT2D eigenvalue weighted by molar-refractivity contribution is -0.137. The van der Waals surface area contributed by atoms with Crippen LogP contribution in [0.5, 0.6) is 0 Å². The fourth-order valence-electron chi connectivity index (χ4n) is 2.35. The quantitative estimate of drug-likeness (QED) is 0.788. The van der Waals surface area contributed by atoms with Crippen LogP contribution >= 0.6 is 0 Å². The first-order chi connectivity index (χ1) is 8.47. The zero-order valence-corrected chi connectivity index (χ0v) is 11.7. The molecule has 5 heteroatoms. The van der Waals surface area contributed by atoms with E-state index in [0.717, 1.165) is 19.5 Å². The van der Waals surface area contributed by atoms with Crippen molar-refractivity contribution in [3.05, 3.63) is 0 Å². The van der Waals surface area contributed by atoms with E-state index in [0.29, 0.717) is 19.6 Å². The molecule has 1 atom stereocenters. The van der Waals surface area contributed by atoms with Gasteiger partial charge in [-0.2, -0.15) is 0 Å². The molecule has 104 valence electrons. The highest BCUT2D eigenvalue weighted by Gasteiger charge is 2.27. The van der Waals surface area contributed by atoms with Gasteiger partial charge in [-0.25, -0.2) is 0 Å². The minimum absolute atomic E-state index is 0.0866. The summed E-state index contributed by atoms with van der Waals surface area (Å²) in [6, 6.07) is 0. The van der Waals surface area contributed by atoms with Crippen LogP contribution in [0.1, 0.15) is 27.2 Å². The number of carbonyl (C=O) groups is 2. The second-order valence-corrected chi connectivity index (χ2v) is 5.27. The highest BCUT2D eigenvalue weighted by molar-refractivity contribution is 5.79. The first-order valence-corrected chi connectivity index (χ1v) is 6.71. The van der Waals surface area contributed by atoms with Gasteiger partial charge in [0, 0.05) is 39.6 Å². The number of nitrogens with two attached hydrogens (primary N) is 1. The van der Waals surface area contributed by atoms with Crippen LogP contribution in [0.25, 0.3) is 0 Å². The average Bonchev–Trinajstić information content (AvgIpc) is 2.54. The molecule has 0 saturated carbocycles. The molecular weight excluding hydrogens is 230 g/mol. The Morgan fingerprint density at radius 1 is 1.11 bits per heavy atom. The van der Waals surface area contributed by atoms with Crippen LogP contribution < -0.4 is 5.73 Å². The molecule has 0 bridgehead atoms. The van der Waals surface area contributed by atoms with E-state index in [4.69, 9.17) is 5.73 Å². The highest BCUT2D eigenvalue weighted by atomic mass is 16.2. The van der Waals surface area contributed by atoms with Crippen molar-refractivity contribution in [1.29, 1.82) is 0 Å². The first-order valence-electron chi connectivity index (χ1n) is 6.71. The average molecular weight is 255 g/mol. The van der Waals surface area contributed by atoms with Crippen LogP contribution in [-0.4, -0.2) is 54.3 Å². The van der Waals surface area contributed by atoms with Crippen LogP contribution in [0.4, 0.5) is 0 Å². The Labute approximate surface area is 109 Å². The highest BCUT2D eigenvalue weighted by Crippen LogP contribution is 2.15. The molecule has 5 nitrogen and oxygen atoms in total. The third kappa shape index (κ3) is 3.70. The van der Waals surface area contributed by atoms with E-state index in [1.54, 1.807) is 11.8 Å². The van der Waals surface area contributed by atoms with E-state index in [-0.39, 0.29) is 23.7 Å². The molecule has 2 N–H and O–H groups in total. The van der Waals surface area contributed by atoms with Gasteiger partial charge in [-0.05, 0) is 12.3 Å². The Morgan fingerprint density at radius 3 is 2.17 bits per heavy atom. The van der Waals surface area contributed by atoms with Crippen molar-refractivity contribution >= 4 is 11.8 Å². The predicted molar refractivity (Wildman–Crippen MR) is 70.8 cm³/mol. The molecule has 1 heterocycles. The standard InChI is InChI=1S/C13H25N3O2/c1-10(2)12(9-14)13(18)16-6-4-5-15(7-8-16)11(3)17/h10,12H,4-9,14H2,1-3H3. The van der Waals surface area contributed by atoms with Gasteiger partial charge in [0.25, 0.3) is 0 Å². The van der Waals surface area contributed by atoms with Crippen molar-refractivity contribution in [1.82, 2.24) is 9.80 Å².